The first kappa shape index (κ1) is 19.9. The zero-order valence-electron chi connectivity index (χ0n) is 14.3. The van der Waals surface area contributed by atoms with Crippen molar-refractivity contribution in [1.82, 2.24) is 13.9 Å². The molecule has 3 rings (SSSR count). The summed E-state index contributed by atoms with van der Waals surface area (Å²) in [6.07, 6.45) is 4.22. The van der Waals surface area contributed by atoms with Gasteiger partial charge in [0.1, 0.15) is 11.6 Å². The van der Waals surface area contributed by atoms with Gasteiger partial charge in [0.25, 0.3) is 11.1 Å². The van der Waals surface area contributed by atoms with Crippen LogP contribution in [0.1, 0.15) is 5.69 Å². The summed E-state index contributed by atoms with van der Waals surface area (Å²) < 4.78 is 29.3. The summed E-state index contributed by atoms with van der Waals surface area (Å²) in [4.78, 5) is 16.1. The number of nitrogens with one attached hydrogen (secondary N) is 1. The Labute approximate surface area is 173 Å². The highest BCUT2D eigenvalue weighted by atomic mass is 79.9. The van der Waals surface area contributed by atoms with Crippen LogP contribution in [0.4, 0.5) is 5.13 Å². The van der Waals surface area contributed by atoms with E-state index in [1.165, 1.54) is 6.08 Å². The van der Waals surface area contributed by atoms with Crippen LogP contribution >= 0.6 is 27.5 Å². The van der Waals surface area contributed by atoms with Crippen molar-refractivity contribution in [3.63, 3.8) is 0 Å². The van der Waals surface area contributed by atoms with Crippen molar-refractivity contribution in [3.05, 3.63) is 58.3 Å². The van der Waals surface area contributed by atoms with E-state index >= 15 is 0 Å². The number of anilines is 1. The fourth-order valence-electron chi connectivity index (χ4n) is 2.22. The minimum Gasteiger partial charge on any atom is -0.317 e. The highest BCUT2D eigenvalue weighted by Gasteiger charge is 2.17. The molecule has 0 atom stereocenters. The molecule has 0 fully saturated rings. The Hall–Kier alpha value is -2.81. The molecule has 28 heavy (non-hydrogen) atoms. The molecule has 0 aliphatic heterocycles. The average Bonchev–Trinajstić information content (AvgIpc) is 3.29. The second-order valence-corrected chi connectivity index (χ2v) is 9.13. The lowest BCUT2D eigenvalue weighted by molar-refractivity contribution is -0.112. The Balaban J connectivity index is 1.86. The second kappa shape index (κ2) is 8.05. The van der Waals surface area contributed by atoms with Crippen molar-refractivity contribution in [1.29, 1.82) is 5.26 Å². The quantitative estimate of drug-likeness (QED) is 0.445. The van der Waals surface area contributed by atoms with Crippen LogP contribution in [-0.2, 0) is 14.6 Å². The van der Waals surface area contributed by atoms with Gasteiger partial charge < -0.3 is 4.57 Å². The lowest BCUT2D eigenvalue weighted by Crippen LogP contribution is -2.13. The molecule has 1 aromatic carbocycles. The number of hydrogen-bond donors (Lipinski definition) is 1. The molecule has 0 aliphatic rings. The van der Waals surface area contributed by atoms with E-state index < -0.39 is 15.7 Å². The lowest BCUT2D eigenvalue weighted by atomic mass is 10.2. The van der Waals surface area contributed by atoms with Crippen molar-refractivity contribution in [2.75, 3.05) is 11.6 Å². The van der Waals surface area contributed by atoms with Crippen LogP contribution in [0, 0.1) is 11.3 Å². The number of rotatable bonds is 5. The van der Waals surface area contributed by atoms with Crippen LogP contribution < -0.4 is 5.32 Å². The van der Waals surface area contributed by atoms with Gasteiger partial charge in [-0.3, -0.25) is 10.1 Å². The van der Waals surface area contributed by atoms with E-state index in [1.54, 1.807) is 12.1 Å². The first-order chi connectivity index (χ1) is 13.3. The Morgan fingerprint density at radius 1 is 1.32 bits per heavy atom. The number of carbonyl (C=O) groups excluding carboxylic acids is 1. The first-order valence-corrected chi connectivity index (χ1v) is 11.1. The van der Waals surface area contributed by atoms with E-state index in [4.69, 9.17) is 0 Å². The maximum atomic E-state index is 12.4. The van der Waals surface area contributed by atoms with Gasteiger partial charge in [0.15, 0.2) is 0 Å². The van der Waals surface area contributed by atoms with Crippen LogP contribution in [0.15, 0.2) is 57.8 Å². The summed E-state index contributed by atoms with van der Waals surface area (Å²) >= 11 is 4.10. The molecule has 0 spiro atoms. The average molecular weight is 478 g/mol. The van der Waals surface area contributed by atoms with Crippen molar-refractivity contribution in [3.8, 4) is 11.8 Å². The number of benzene rings is 1. The van der Waals surface area contributed by atoms with E-state index in [0.717, 1.165) is 27.9 Å². The molecule has 0 bridgehead atoms. The minimum atomic E-state index is -3.57. The molecule has 1 amide bonds. The summed E-state index contributed by atoms with van der Waals surface area (Å²) in [6.45, 7) is 0. The van der Waals surface area contributed by atoms with Crippen molar-refractivity contribution in [2.45, 2.75) is 5.16 Å². The van der Waals surface area contributed by atoms with Gasteiger partial charge in [0, 0.05) is 39.8 Å². The van der Waals surface area contributed by atoms with Crippen LogP contribution in [0.3, 0.4) is 0 Å². The number of aromatic nitrogens is 3. The van der Waals surface area contributed by atoms with Gasteiger partial charge in [0.2, 0.25) is 15.0 Å². The molecule has 1 N–H and O–H groups in total. The summed E-state index contributed by atoms with van der Waals surface area (Å²) in [5.41, 5.74) is 1.33. The molecule has 0 saturated heterocycles. The fourth-order valence-corrected chi connectivity index (χ4v) is 3.92. The van der Waals surface area contributed by atoms with Gasteiger partial charge in [-0.2, -0.15) is 14.6 Å². The van der Waals surface area contributed by atoms with Crippen molar-refractivity contribution in [2.24, 2.45) is 0 Å². The molecule has 0 radical (unpaired) electrons. The number of nitriles is 1. The first-order valence-electron chi connectivity index (χ1n) is 7.68. The van der Waals surface area contributed by atoms with Gasteiger partial charge in [-0.05, 0) is 42.5 Å². The maximum Gasteiger partial charge on any atom is 0.268 e. The monoisotopic (exact) mass is 477 g/mol. The minimum absolute atomic E-state index is 0.00475. The molecule has 0 aliphatic carbocycles. The van der Waals surface area contributed by atoms with Gasteiger partial charge in [-0.1, -0.05) is 15.9 Å². The molecular weight excluding hydrogens is 466 g/mol. The number of nitrogens with zero attached hydrogens (tertiary/aromatic N) is 4. The molecule has 142 valence electrons. The van der Waals surface area contributed by atoms with Gasteiger partial charge in [-0.15, -0.1) is 0 Å². The normalized spacial score (nSPS) is 11.8. The number of hydrogen-bond acceptors (Lipinski definition) is 7. The molecule has 3 aromatic rings. The van der Waals surface area contributed by atoms with E-state index in [1.807, 2.05) is 41.1 Å². The van der Waals surface area contributed by atoms with Crippen LogP contribution in [-0.4, -0.2) is 34.5 Å². The summed E-state index contributed by atoms with van der Waals surface area (Å²) in [5, 5.41) is 11.4. The van der Waals surface area contributed by atoms with Crippen molar-refractivity contribution >= 4 is 54.4 Å². The SMILES string of the molecule is CS(=O)(=O)c1nsc(NC(=O)C(C#N)=Cc2cccn2-c2ccc(Br)cc2)n1. The third-order valence-corrected chi connectivity index (χ3v) is 5.62. The fraction of sp³-hybridized carbons (Fsp3) is 0.0588. The third kappa shape index (κ3) is 4.53. The molecule has 2 aromatic heterocycles. The molecule has 2 heterocycles. The molecule has 0 unspecified atom stereocenters. The predicted molar refractivity (Wildman–Crippen MR) is 109 cm³/mol. The molecule has 0 saturated carbocycles. The Kier molecular flexibility index (Phi) is 5.73. The highest BCUT2D eigenvalue weighted by molar-refractivity contribution is 9.10. The summed E-state index contributed by atoms with van der Waals surface area (Å²) in [7, 11) is -3.57. The zero-order valence-corrected chi connectivity index (χ0v) is 17.5. The van der Waals surface area contributed by atoms with E-state index in [9.17, 15) is 18.5 Å². The summed E-state index contributed by atoms with van der Waals surface area (Å²) in [6, 6.07) is 13.0. The summed E-state index contributed by atoms with van der Waals surface area (Å²) in [5.74, 6) is -0.706. The van der Waals surface area contributed by atoms with Crippen LogP contribution in [0.25, 0.3) is 11.8 Å². The van der Waals surface area contributed by atoms with Gasteiger partial charge in [0.05, 0.1) is 0 Å². The largest absolute Gasteiger partial charge is 0.317 e. The highest BCUT2D eigenvalue weighted by Crippen LogP contribution is 2.20. The Bertz CT molecular complexity index is 1200. The van der Waals surface area contributed by atoms with E-state index in [2.05, 4.69) is 30.6 Å². The molecule has 11 heteroatoms. The zero-order chi connectivity index (χ0) is 20.3. The van der Waals surface area contributed by atoms with E-state index in [0.29, 0.717) is 5.69 Å². The number of halogens is 1. The standard InChI is InChI=1S/C17H12BrN5O3S2/c1-28(25,26)17-21-16(27-22-17)20-15(24)11(10-19)9-14-3-2-8-23(14)13-6-4-12(18)5-7-13/h2-9H,1H3,(H,20,21,22,24). The Morgan fingerprint density at radius 3 is 2.64 bits per heavy atom. The number of carbonyl (C=O) groups is 1. The number of amides is 1. The topological polar surface area (TPSA) is 118 Å². The predicted octanol–water partition coefficient (Wildman–Crippen LogP) is 3.04. The van der Waals surface area contributed by atoms with Gasteiger partial charge in [-0.25, -0.2) is 8.42 Å². The third-order valence-electron chi connectivity index (χ3n) is 3.50. The lowest BCUT2D eigenvalue weighted by Gasteiger charge is -2.07. The van der Waals surface area contributed by atoms with Crippen molar-refractivity contribution < 1.29 is 13.2 Å². The van der Waals surface area contributed by atoms with Crippen LogP contribution in [0.5, 0.6) is 0 Å². The van der Waals surface area contributed by atoms with Crippen LogP contribution in [0.2, 0.25) is 0 Å². The van der Waals surface area contributed by atoms with E-state index in [-0.39, 0.29) is 15.9 Å². The number of sulfone groups is 1. The molecular formula is C17H12BrN5O3S2. The second-order valence-electron chi connectivity index (χ2n) is 5.56. The maximum absolute atomic E-state index is 12.4. The molecule has 8 nitrogen and oxygen atoms in total. The smallest absolute Gasteiger partial charge is 0.268 e. The van der Waals surface area contributed by atoms with Gasteiger partial charge >= 0.3 is 0 Å². The Morgan fingerprint density at radius 2 is 2.04 bits per heavy atom.